The minimum atomic E-state index is -0.0489. The highest BCUT2D eigenvalue weighted by Crippen LogP contribution is 2.22. The zero-order chi connectivity index (χ0) is 13.0. The second-order valence-electron chi connectivity index (χ2n) is 5.63. The predicted octanol–water partition coefficient (Wildman–Crippen LogP) is 1.99. The van der Waals surface area contributed by atoms with Gasteiger partial charge in [0.15, 0.2) is 0 Å². The second-order valence-corrected chi connectivity index (χ2v) is 5.63. The van der Waals surface area contributed by atoms with E-state index in [9.17, 15) is 0 Å². The Bertz CT molecular complexity index is 289. The van der Waals surface area contributed by atoms with Crippen LogP contribution in [0.25, 0.3) is 0 Å². The van der Waals surface area contributed by atoms with Crippen LogP contribution in [0.2, 0.25) is 0 Å². The standard InChI is InChI=1S/C14H24N2O2/c1-10-7-14(8-11(2)18-10)17-6-5-13(9-15)16-12-3-4-12/h10-14,16H,3-8H2,1-2H3. The minimum absolute atomic E-state index is 0.0489. The summed E-state index contributed by atoms with van der Waals surface area (Å²) in [5, 5.41) is 12.4. The third kappa shape index (κ3) is 4.56. The Balaban J connectivity index is 1.62. The molecule has 3 atom stereocenters. The third-order valence-electron chi connectivity index (χ3n) is 3.58. The van der Waals surface area contributed by atoms with Crippen LogP contribution in [0.1, 0.15) is 46.0 Å². The van der Waals surface area contributed by atoms with Crippen LogP contribution in [0, 0.1) is 11.3 Å². The first kappa shape index (κ1) is 13.8. The molecule has 2 fully saturated rings. The quantitative estimate of drug-likeness (QED) is 0.785. The normalized spacial score (nSPS) is 33.9. The van der Waals surface area contributed by atoms with E-state index in [0.29, 0.717) is 18.8 Å². The van der Waals surface area contributed by atoms with Crippen LogP contribution in [0.4, 0.5) is 0 Å². The SMILES string of the molecule is CC1CC(OCCC(C#N)NC2CC2)CC(C)O1. The Kier molecular flexibility index (Phi) is 4.99. The molecule has 0 spiro atoms. The lowest BCUT2D eigenvalue weighted by molar-refractivity contribution is -0.102. The van der Waals surface area contributed by atoms with Gasteiger partial charge >= 0.3 is 0 Å². The molecule has 4 heteroatoms. The Morgan fingerprint density at radius 3 is 2.56 bits per heavy atom. The van der Waals surface area contributed by atoms with Gasteiger partial charge in [-0.05, 0) is 46.0 Å². The lowest BCUT2D eigenvalue weighted by Gasteiger charge is -2.32. The molecule has 0 radical (unpaired) electrons. The minimum Gasteiger partial charge on any atom is -0.378 e. The monoisotopic (exact) mass is 252 g/mol. The number of hydrogen-bond donors (Lipinski definition) is 1. The van der Waals surface area contributed by atoms with E-state index in [2.05, 4.69) is 25.2 Å². The smallest absolute Gasteiger partial charge is 0.0977 e. The van der Waals surface area contributed by atoms with Crippen LogP contribution < -0.4 is 5.32 Å². The van der Waals surface area contributed by atoms with Gasteiger partial charge in [0.25, 0.3) is 0 Å². The van der Waals surface area contributed by atoms with Gasteiger partial charge in [-0.25, -0.2) is 0 Å². The molecule has 4 nitrogen and oxygen atoms in total. The van der Waals surface area contributed by atoms with Crippen molar-refractivity contribution < 1.29 is 9.47 Å². The highest BCUT2D eigenvalue weighted by Gasteiger charge is 2.26. The molecule has 1 aliphatic carbocycles. The molecule has 0 aromatic rings. The topological polar surface area (TPSA) is 54.3 Å². The Labute approximate surface area is 110 Å². The first-order valence-electron chi connectivity index (χ1n) is 7.10. The number of nitrogens with zero attached hydrogens (tertiary/aromatic N) is 1. The summed E-state index contributed by atoms with van der Waals surface area (Å²) in [6.45, 7) is 4.86. The number of nitriles is 1. The van der Waals surface area contributed by atoms with Crippen molar-refractivity contribution >= 4 is 0 Å². The van der Waals surface area contributed by atoms with Gasteiger partial charge in [-0.2, -0.15) is 5.26 Å². The van der Waals surface area contributed by atoms with Gasteiger partial charge in [-0.15, -0.1) is 0 Å². The van der Waals surface area contributed by atoms with E-state index in [-0.39, 0.29) is 18.2 Å². The summed E-state index contributed by atoms with van der Waals surface area (Å²) >= 11 is 0. The van der Waals surface area contributed by atoms with Crippen molar-refractivity contribution in [2.75, 3.05) is 6.61 Å². The Hall–Kier alpha value is -0.630. The van der Waals surface area contributed by atoms with Gasteiger partial charge in [0.1, 0.15) is 0 Å². The van der Waals surface area contributed by atoms with Crippen molar-refractivity contribution in [3.63, 3.8) is 0 Å². The summed E-state index contributed by atoms with van der Waals surface area (Å²) < 4.78 is 11.6. The number of hydrogen-bond acceptors (Lipinski definition) is 4. The largest absolute Gasteiger partial charge is 0.378 e. The van der Waals surface area contributed by atoms with Crippen molar-refractivity contribution in [2.24, 2.45) is 0 Å². The molecule has 18 heavy (non-hydrogen) atoms. The van der Waals surface area contributed by atoms with E-state index in [1.165, 1.54) is 12.8 Å². The van der Waals surface area contributed by atoms with Crippen LogP contribution in [0.5, 0.6) is 0 Å². The maximum atomic E-state index is 9.04. The van der Waals surface area contributed by atoms with Gasteiger partial charge in [-0.1, -0.05) is 0 Å². The van der Waals surface area contributed by atoms with Crippen LogP contribution in [-0.4, -0.2) is 37.0 Å². The first-order chi connectivity index (χ1) is 8.67. The summed E-state index contributed by atoms with van der Waals surface area (Å²) in [7, 11) is 0. The van der Waals surface area contributed by atoms with Gasteiger partial charge in [0.05, 0.1) is 30.4 Å². The van der Waals surface area contributed by atoms with E-state index < -0.39 is 0 Å². The molecule has 2 aliphatic rings. The summed E-state index contributed by atoms with van der Waals surface area (Å²) in [4.78, 5) is 0. The van der Waals surface area contributed by atoms with Crippen LogP contribution in [0.15, 0.2) is 0 Å². The van der Waals surface area contributed by atoms with Crippen molar-refractivity contribution in [1.82, 2.24) is 5.32 Å². The third-order valence-corrected chi connectivity index (χ3v) is 3.58. The fraction of sp³-hybridized carbons (Fsp3) is 0.929. The van der Waals surface area contributed by atoms with Gasteiger partial charge < -0.3 is 9.47 Å². The fourth-order valence-electron chi connectivity index (χ4n) is 2.55. The average Bonchev–Trinajstić information content (AvgIpc) is 3.10. The molecule has 0 bridgehead atoms. The highest BCUT2D eigenvalue weighted by molar-refractivity contribution is 4.95. The zero-order valence-electron chi connectivity index (χ0n) is 11.4. The van der Waals surface area contributed by atoms with E-state index in [1.54, 1.807) is 0 Å². The molecular weight excluding hydrogens is 228 g/mol. The summed E-state index contributed by atoms with van der Waals surface area (Å²) in [5.74, 6) is 0. The van der Waals surface area contributed by atoms with Crippen LogP contribution >= 0.6 is 0 Å². The van der Waals surface area contributed by atoms with Crippen molar-refractivity contribution in [1.29, 1.82) is 5.26 Å². The maximum absolute atomic E-state index is 9.04. The second kappa shape index (κ2) is 6.51. The van der Waals surface area contributed by atoms with E-state index >= 15 is 0 Å². The molecule has 1 saturated heterocycles. The maximum Gasteiger partial charge on any atom is 0.0977 e. The van der Waals surface area contributed by atoms with Crippen LogP contribution in [0.3, 0.4) is 0 Å². The molecule has 1 saturated carbocycles. The molecule has 0 aromatic heterocycles. The molecular formula is C14H24N2O2. The predicted molar refractivity (Wildman–Crippen MR) is 69.2 cm³/mol. The van der Waals surface area contributed by atoms with Crippen LogP contribution in [-0.2, 0) is 9.47 Å². The summed E-state index contributed by atoms with van der Waals surface area (Å²) in [6, 6.07) is 2.85. The first-order valence-corrected chi connectivity index (χ1v) is 7.10. The molecule has 1 heterocycles. The van der Waals surface area contributed by atoms with Crippen molar-refractivity contribution in [3.05, 3.63) is 0 Å². The molecule has 0 amide bonds. The molecule has 102 valence electrons. The summed E-state index contributed by atoms with van der Waals surface area (Å²) in [5.41, 5.74) is 0. The average molecular weight is 252 g/mol. The Morgan fingerprint density at radius 1 is 1.33 bits per heavy atom. The van der Waals surface area contributed by atoms with Gasteiger partial charge in [-0.3, -0.25) is 5.32 Å². The number of rotatable bonds is 6. The fourth-order valence-corrected chi connectivity index (χ4v) is 2.55. The van der Waals surface area contributed by atoms with Crippen molar-refractivity contribution in [2.45, 2.75) is 76.3 Å². The number of nitrogens with one attached hydrogen (secondary N) is 1. The van der Waals surface area contributed by atoms with Gasteiger partial charge in [0, 0.05) is 12.6 Å². The lowest BCUT2D eigenvalue weighted by atomic mass is 10.0. The van der Waals surface area contributed by atoms with E-state index in [1.807, 2.05) is 0 Å². The molecule has 0 aromatic carbocycles. The van der Waals surface area contributed by atoms with E-state index in [4.69, 9.17) is 14.7 Å². The van der Waals surface area contributed by atoms with Crippen molar-refractivity contribution in [3.8, 4) is 6.07 Å². The molecule has 3 unspecified atom stereocenters. The lowest BCUT2D eigenvalue weighted by Crippen LogP contribution is -2.35. The summed E-state index contributed by atoms with van der Waals surface area (Å²) in [6.07, 6.45) is 6.03. The molecule has 2 rings (SSSR count). The Morgan fingerprint density at radius 2 is 2.00 bits per heavy atom. The molecule has 1 aliphatic heterocycles. The zero-order valence-corrected chi connectivity index (χ0v) is 11.4. The van der Waals surface area contributed by atoms with E-state index in [0.717, 1.165) is 19.3 Å². The highest BCUT2D eigenvalue weighted by atomic mass is 16.5. The molecule has 1 N–H and O–H groups in total. The van der Waals surface area contributed by atoms with Gasteiger partial charge in [0.2, 0.25) is 0 Å². The number of ether oxygens (including phenoxy) is 2.